The molecule has 0 aromatic heterocycles. The van der Waals surface area contributed by atoms with Crippen LogP contribution in [0.4, 0.5) is 0 Å². The van der Waals surface area contributed by atoms with Gasteiger partial charge in [-0.2, -0.15) is 0 Å². The van der Waals surface area contributed by atoms with E-state index in [9.17, 15) is 4.79 Å². The first-order valence-electron chi connectivity index (χ1n) is 5.16. The third-order valence-electron chi connectivity index (χ3n) is 1.66. The van der Waals surface area contributed by atoms with Crippen LogP contribution in [-0.4, -0.2) is 37.0 Å². The Hall–Kier alpha value is -0.870. The number of hydrogen-bond acceptors (Lipinski definition) is 4. The molecule has 15 heavy (non-hydrogen) atoms. The average molecular weight is 216 g/mol. The predicted molar refractivity (Wildman–Crippen MR) is 57.5 cm³/mol. The molecule has 0 aromatic rings. The number of esters is 1. The molecule has 88 valence electrons. The van der Waals surface area contributed by atoms with E-state index >= 15 is 0 Å². The van der Waals surface area contributed by atoms with Crippen molar-refractivity contribution in [2.45, 2.75) is 32.8 Å². The summed E-state index contributed by atoms with van der Waals surface area (Å²) < 4.78 is 9.60. The first-order valence-corrected chi connectivity index (χ1v) is 5.16. The van der Waals surface area contributed by atoms with E-state index in [0.717, 1.165) is 12.8 Å². The number of rotatable bonds is 5. The second kappa shape index (κ2) is 8.44. The van der Waals surface area contributed by atoms with E-state index in [2.05, 4.69) is 13.5 Å². The fourth-order valence-electron chi connectivity index (χ4n) is 0.614. The first-order chi connectivity index (χ1) is 7.11. The molecule has 1 N–H and O–H groups in total. The normalized spacial score (nSPS) is 17.4. The Labute approximate surface area is 90.9 Å². The molecule has 0 aliphatic carbocycles. The molecule has 1 unspecified atom stereocenters. The van der Waals surface area contributed by atoms with E-state index in [-0.39, 0.29) is 12.1 Å². The quantitative estimate of drug-likeness (QED) is 0.427. The number of epoxide rings is 1. The smallest absolute Gasteiger partial charge is 0.333 e. The van der Waals surface area contributed by atoms with Crippen molar-refractivity contribution in [1.82, 2.24) is 0 Å². The molecule has 0 bridgehead atoms. The molecule has 1 rings (SSSR count). The topological polar surface area (TPSA) is 59.1 Å². The predicted octanol–water partition coefficient (Wildman–Crippen LogP) is 1.28. The van der Waals surface area contributed by atoms with Crippen LogP contribution in [0.25, 0.3) is 0 Å². The van der Waals surface area contributed by atoms with Gasteiger partial charge in [-0.05, 0) is 13.3 Å². The van der Waals surface area contributed by atoms with Gasteiger partial charge in [-0.15, -0.1) is 0 Å². The molecule has 0 radical (unpaired) electrons. The van der Waals surface area contributed by atoms with Crippen molar-refractivity contribution in [3.8, 4) is 0 Å². The Bertz CT molecular complexity index is 195. The highest BCUT2D eigenvalue weighted by molar-refractivity contribution is 5.86. The van der Waals surface area contributed by atoms with Crippen LogP contribution >= 0.6 is 0 Å². The van der Waals surface area contributed by atoms with Crippen molar-refractivity contribution >= 4 is 5.97 Å². The van der Waals surface area contributed by atoms with Gasteiger partial charge in [0.1, 0.15) is 12.7 Å². The monoisotopic (exact) mass is 216 g/mol. The molecule has 0 aromatic carbocycles. The molecule has 0 amide bonds. The summed E-state index contributed by atoms with van der Waals surface area (Å²) in [6, 6.07) is 0. The van der Waals surface area contributed by atoms with E-state index in [1.165, 1.54) is 0 Å². The third-order valence-corrected chi connectivity index (χ3v) is 1.66. The lowest BCUT2D eigenvalue weighted by atomic mass is 10.4. The summed E-state index contributed by atoms with van der Waals surface area (Å²) in [5.41, 5.74) is 0.431. The maximum Gasteiger partial charge on any atom is 0.333 e. The Morgan fingerprint density at radius 3 is 2.53 bits per heavy atom. The zero-order chi connectivity index (χ0) is 11.7. The second-order valence-electron chi connectivity index (χ2n) is 3.41. The van der Waals surface area contributed by atoms with Crippen LogP contribution in [0.2, 0.25) is 0 Å². The lowest BCUT2D eigenvalue weighted by Crippen LogP contribution is -2.09. The van der Waals surface area contributed by atoms with Gasteiger partial charge in [0.25, 0.3) is 0 Å². The fraction of sp³-hybridized carbons (Fsp3) is 0.727. The van der Waals surface area contributed by atoms with Gasteiger partial charge >= 0.3 is 5.97 Å². The maximum atomic E-state index is 10.7. The number of aliphatic hydroxyl groups excluding tert-OH is 1. The molecule has 1 heterocycles. The Morgan fingerprint density at radius 1 is 1.67 bits per heavy atom. The summed E-state index contributed by atoms with van der Waals surface area (Å²) in [7, 11) is 0. The molecule has 1 aliphatic heterocycles. The van der Waals surface area contributed by atoms with Gasteiger partial charge in [0, 0.05) is 12.2 Å². The maximum absolute atomic E-state index is 10.7. The molecule has 1 fully saturated rings. The molecule has 1 saturated heterocycles. The lowest BCUT2D eigenvalue weighted by molar-refractivity contribution is -0.139. The van der Waals surface area contributed by atoms with Crippen molar-refractivity contribution < 1.29 is 19.4 Å². The summed E-state index contributed by atoms with van der Waals surface area (Å²) in [4.78, 5) is 10.7. The van der Waals surface area contributed by atoms with Crippen molar-refractivity contribution in [3.63, 3.8) is 0 Å². The molecule has 0 spiro atoms. The van der Waals surface area contributed by atoms with Gasteiger partial charge in [-0.1, -0.05) is 19.9 Å². The van der Waals surface area contributed by atoms with Crippen LogP contribution < -0.4 is 0 Å². The minimum atomic E-state index is -0.337. The van der Waals surface area contributed by atoms with Crippen molar-refractivity contribution in [2.24, 2.45) is 0 Å². The highest BCUT2D eigenvalue weighted by Gasteiger charge is 2.24. The minimum Gasteiger partial charge on any atom is -0.459 e. The van der Waals surface area contributed by atoms with Crippen LogP contribution in [0.1, 0.15) is 26.7 Å². The Kier molecular flexibility index (Phi) is 7.95. The summed E-state index contributed by atoms with van der Waals surface area (Å²) in [5, 5.41) is 8.07. The molecule has 0 saturated carbocycles. The lowest BCUT2D eigenvalue weighted by Gasteiger charge is -1.99. The fourth-order valence-corrected chi connectivity index (χ4v) is 0.614. The molecular formula is C11H20O4. The van der Waals surface area contributed by atoms with E-state index < -0.39 is 0 Å². The SMILES string of the molecule is C=C(C)C(=O)OCC1CO1.CCCCO. The number of carbonyl (C=O) groups is 1. The van der Waals surface area contributed by atoms with E-state index in [1.807, 2.05) is 0 Å². The van der Waals surface area contributed by atoms with Gasteiger partial charge in [-0.3, -0.25) is 0 Å². The molecule has 1 aliphatic rings. The van der Waals surface area contributed by atoms with Gasteiger partial charge in [0.2, 0.25) is 0 Å². The van der Waals surface area contributed by atoms with Crippen LogP contribution in [-0.2, 0) is 14.3 Å². The van der Waals surface area contributed by atoms with Crippen LogP contribution in [0, 0.1) is 0 Å². The summed E-state index contributed by atoms with van der Waals surface area (Å²) >= 11 is 0. The minimum absolute atomic E-state index is 0.142. The van der Waals surface area contributed by atoms with Crippen LogP contribution in [0.15, 0.2) is 12.2 Å². The number of unbranched alkanes of at least 4 members (excludes halogenated alkanes) is 1. The van der Waals surface area contributed by atoms with Gasteiger partial charge < -0.3 is 14.6 Å². The third kappa shape index (κ3) is 9.43. The summed E-state index contributed by atoms with van der Waals surface area (Å²) in [5.74, 6) is -0.337. The van der Waals surface area contributed by atoms with Crippen molar-refractivity contribution in [1.29, 1.82) is 0 Å². The first kappa shape index (κ1) is 14.1. The zero-order valence-electron chi connectivity index (χ0n) is 9.49. The van der Waals surface area contributed by atoms with E-state index in [1.54, 1.807) is 6.92 Å². The van der Waals surface area contributed by atoms with E-state index in [4.69, 9.17) is 14.6 Å². The van der Waals surface area contributed by atoms with Crippen LogP contribution in [0.3, 0.4) is 0 Å². The highest BCUT2D eigenvalue weighted by atomic mass is 16.6. The molecular weight excluding hydrogens is 196 g/mol. The Balaban J connectivity index is 0.000000336. The van der Waals surface area contributed by atoms with Gasteiger partial charge in [0.15, 0.2) is 0 Å². The number of ether oxygens (including phenoxy) is 2. The highest BCUT2D eigenvalue weighted by Crippen LogP contribution is 2.09. The van der Waals surface area contributed by atoms with Gasteiger partial charge in [-0.25, -0.2) is 4.79 Å². The summed E-state index contributed by atoms with van der Waals surface area (Å²) in [6.45, 7) is 8.53. The Morgan fingerprint density at radius 2 is 2.27 bits per heavy atom. The van der Waals surface area contributed by atoms with Crippen LogP contribution in [0.5, 0.6) is 0 Å². The standard InChI is InChI=1S/C7H10O3.C4H10O/c1-5(2)7(8)10-4-6-3-9-6;1-2-3-4-5/h6H,1,3-4H2,2H3;5H,2-4H2,1H3. The van der Waals surface area contributed by atoms with Gasteiger partial charge in [0.05, 0.1) is 6.61 Å². The number of aliphatic hydroxyl groups is 1. The average Bonchev–Trinajstić information content (AvgIpc) is 2.99. The van der Waals surface area contributed by atoms with Crippen molar-refractivity contribution in [2.75, 3.05) is 19.8 Å². The number of hydrogen-bond donors (Lipinski definition) is 1. The molecule has 4 nitrogen and oxygen atoms in total. The number of carbonyl (C=O) groups excluding carboxylic acids is 1. The van der Waals surface area contributed by atoms with E-state index in [0.29, 0.717) is 25.4 Å². The largest absolute Gasteiger partial charge is 0.459 e. The van der Waals surface area contributed by atoms with Crippen molar-refractivity contribution in [3.05, 3.63) is 12.2 Å². The second-order valence-corrected chi connectivity index (χ2v) is 3.41. The molecule has 4 heteroatoms. The zero-order valence-corrected chi connectivity index (χ0v) is 9.49. The summed E-state index contributed by atoms with van der Waals surface area (Å²) in [6.07, 6.45) is 2.18. The molecule has 1 atom stereocenters.